The number of thiophene rings is 1. The summed E-state index contributed by atoms with van der Waals surface area (Å²) in [5, 5.41) is 3.36. The molecule has 1 N–H and O–H groups in total. The Hall–Kier alpha value is -1.44. The second-order valence-electron chi connectivity index (χ2n) is 9.94. The normalized spacial score (nSPS) is 29.8. The Bertz CT molecular complexity index is 784. The molecule has 1 spiro atoms. The molecule has 7 heteroatoms. The Morgan fingerprint density at radius 2 is 1.97 bits per heavy atom. The number of piperidine rings is 1. The number of aryl methyl sites for hydroxylation is 1. The lowest BCUT2D eigenvalue weighted by atomic mass is 9.84. The molecule has 164 valence electrons. The zero-order valence-electron chi connectivity index (χ0n) is 18.2. The van der Waals surface area contributed by atoms with Crippen molar-refractivity contribution in [1.82, 2.24) is 20.0 Å². The van der Waals surface area contributed by atoms with Gasteiger partial charge >= 0.3 is 0 Å². The van der Waals surface area contributed by atoms with Crippen molar-refractivity contribution in [3.05, 3.63) is 21.9 Å². The maximum atomic E-state index is 13.2. The number of likely N-dealkylation sites (tertiary alicyclic amines) is 1. The molecule has 6 nitrogen and oxygen atoms in total. The van der Waals surface area contributed by atoms with E-state index < -0.39 is 0 Å². The quantitative estimate of drug-likeness (QED) is 0.797. The first-order chi connectivity index (χ1) is 14.4. The molecule has 2 amide bonds. The van der Waals surface area contributed by atoms with E-state index in [-0.39, 0.29) is 23.4 Å². The van der Waals surface area contributed by atoms with Gasteiger partial charge < -0.3 is 10.2 Å². The molecular weight excluding hydrogens is 396 g/mol. The fraction of sp³-hybridized carbons (Fsp3) is 0.739. The largest absolute Gasteiger partial charge is 0.348 e. The smallest absolute Gasteiger partial charge is 0.243 e. The summed E-state index contributed by atoms with van der Waals surface area (Å²) >= 11 is 1.86. The number of rotatable bonds is 4. The van der Waals surface area contributed by atoms with Crippen molar-refractivity contribution in [2.45, 2.75) is 82.1 Å². The Morgan fingerprint density at radius 3 is 2.60 bits per heavy atom. The summed E-state index contributed by atoms with van der Waals surface area (Å²) in [5.41, 5.74) is -0.351. The van der Waals surface area contributed by atoms with E-state index in [4.69, 9.17) is 0 Å². The first-order valence-electron chi connectivity index (χ1n) is 11.5. The molecule has 3 aliphatic heterocycles. The van der Waals surface area contributed by atoms with Gasteiger partial charge in [-0.2, -0.15) is 0 Å². The van der Waals surface area contributed by atoms with Crippen LogP contribution >= 0.6 is 11.3 Å². The second-order valence-corrected chi connectivity index (χ2v) is 11.3. The summed E-state index contributed by atoms with van der Waals surface area (Å²) in [7, 11) is 2.18. The minimum absolute atomic E-state index is 0.0766. The van der Waals surface area contributed by atoms with E-state index in [0.29, 0.717) is 25.0 Å². The van der Waals surface area contributed by atoms with E-state index in [0.717, 1.165) is 38.9 Å². The van der Waals surface area contributed by atoms with Crippen molar-refractivity contribution >= 4 is 23.2 Å². The van der Waals surface area contributed by atoms with E-state index in [9.17, 15) is 9.59 Å². The lowest BCUT2D eigenvalue weighted by Crippen LogP contribution is -2.56. The zero-order chi connectivity index (χ0) is 20.9. The Morgan fingerprint density at radius 1 is 1.20 bits per heavy atom. The van der Waals surface area contributed by atoms with Gasteiger partial charge in [0, 0.05) is 48.0 Å². The van der Waals surface area contributed by atoms with Crippen LogP contribution in [0.4, 0.5) is 0 Å². The highest BCUT2D eigenvalue weighted by Gasteiger charge is 2.50. The van der Waals surface area contributed by atoms with E-state index in [1.165, 1.54) is 29.0 Å². The van der Waals surface area contributed by atoms with Gasteiger partial charge in [-0.05, 0) is 58.2 Å². The van der Waals surface area contributed by atoms with Crippen molar-refractivity contribution in [2.24, 2.45) is 0 Å². The van der Waals surface area contributed by atoms with Crippen LogP contribution < -0.4 is 5.32 Å². The molecule has 1 saturated carbocycles. The molecule has 1 aromatic heterocycles. The number of carbonyl (C=O) groups excluding carboxylic acids is 2. The van der Waals surface area contributed by atoms with Gasteiger partial charge in [0.2, 0.25) is 11.8 Å². The van der Waals surface area contributed by atoms with Crippen molar-refractivity contribution in [2.75, 3.05) is 26.7 Å². The fourth-order valence-electron chi connectivity index (χ4n) is 5.74. The topological polar surface area (TPSA) is 55.9 Å². The predicted octanol–water partition coefficient (Wildman–Crippen LogP) is 2.36. The highest BCUT2D eigenvalue weighted by molar-refractivity contribution is 7.11. The van der Waals surface area contributed by atoms with E-state index >= 15 is 0 Å². The average molecular weight is 431 g/mol. The molecule has 2 atom stereocenters. The lowest BCUT2D eigenvalue weighted by molar-refractivity contribution is -0.135. The van der Waals surface area contributed by atoms with Crippen molar-refractivity contribution in [3.8, 4) is 0 Å². The second kappa shape index (κ2) is 7.92. The van der Waals surface area contributed by atoms with Crippen LogP contribution in [0.25, 0.3) is 0 Å². The third kappa shape index (κ3) is 3.80. The minimum Gasteiger partial charge on any atom is -0.348 e. The number of likely N-dealkylation sites (N-methyl/N-ethyl adjacent to an activating group) is 1. The molecule has 4 aliphatic rings. The predicted molar refractivity (Wildman–Crippen MR) is 118 cm³/mol. The molecule has 30 heavy (non-hydrogen) atoms. The third-order valence-electron chi connectivity index (χ3n) is 8.00. The maximum Gasteiger partial charge on any atom is 0.243 e. The summed E-state index contributed by atoms with van der Waals surface area (Å²) in [6, 6.07) is 5.07. The van der Waals surface area contributed by atoms with E-state index in [1.807, 2.05) is 16.2 Å². The van der Waals surface area contributed by atoms with Gasteiger partial charge in [0.15, 0.2) is 0 Å². The third-order valence-corrected chi connectivity index (χ3v) is 8.98. The number of nitrogens with zero attached hydrogens (tertiary/aromatic N) is 3. The highest BCUT2D eigenvalue weighted by atomic mass is 32.1. The summed E-state index contributed by atoms with van der Waals surface area (Å²) in [5.74, 6) is 0.248. The molecule has 3 saturated heterocycles. The van der Waals surface area contributed by atoms with Gasteiger partial charge in [-0.15, -0.1) is 11.3 Å². The molecule has 1 aromatic rings. The van der Waals surface area contributed by atoms with Crippen LogP contribution in [0.3, 0.4) is 0 Å². The molecule has 5 rings (SSSR count). The van der Waals surface area contributed by atoms with Gasteiger partial charge in [0.1, 0.15) is 6.04 Å². The lowest BCUT2D eigenvalue weighted by Gasteiger charge is -2.41. The van der Waals surface area contributed by atoms with Gasteiger partial charge in [0.25, 0.3) is 0 Å². The van der Waals surface area contributed by atoms with Gasteiger partial charge in [-0.3, -0.25) is 19.4 Å². The van der Waals surface area contributed by atoms with Crippen LogP contribution in [-0.2, 0) is 16.1 Å². The number of carbonyl (C=O) groups is 2. The number of amides is 2. The number of fused-ring (bicyclic) bond motifs is 1. The van der Waals surface area contributed by atoms with Crippen LogP contribution in [-0.4, -0.2) is 76.9 Å². The minimum atomic E-state index is -0.351. The van der Waals surface area contributed by atoms with Gasteiger partial charge in [-0.25, -0.2) is 0 Å². The zero-order valence-corrected chi connectivity index (χ0v) is 19.0. The van der Waals surface area contributed by atoms with Crippen LogP contribution in [0, 0.1) is 6.92 Å². The van der Waals surface area contributed by atoms with Gasteiger partial charge in [0.05, 0.1) is 12.0 Å². The van der Waals surface area contributed by atoms with E-state index in [1.54, 1.807) is 0 Å². The maximum absolute atomic E-state index is 13.2. The summed E-state index contributed by atoms with van der Waals surface area (Å²) in [6.07, 6.45) is 6.78. The molecule has 0 bridgehead atoms. The molecule has 0 aromatic carbocycles. The Labute approximate surface area is 183 Å². The highest BCUT2D eigenvalue weighted by Crippen LogP contribution is 2.35. The molecule has 4 fully saturated rings. The summed E-state index contributed by atoms with van der Waals surface area (Å²) in [4.78, 5) is 35.9. The summed E-state index contributed by atoms with van der Waals surface area (Å²) < 4.78 is 0. The molecule has 1 aliphatic carbocycles. The molecular formula is C23H34N4O2S. The SMILES string of the molecule is Cc1ccc(CN2CCC3(CC2)CC(=O)N2C[C@@H](N(C)C4CCC4)C[C@H]2C(=O)N3)s1. The van der Waals surface area contributed by atoms with E-state index in [2.05, 4.69) is 41.2 Å². The average Bonchev–Trinajstić information content (AvgIpc) is 3.27. The number of nitrogens with one attached hydrogen (secondary N) is 1. The standard InChI is InChI=1S/C23H34N4O2S/c1-16-6-7-19(30-16)15-26-10-8-23(9-11-26)13-21(28)27-14-18(12-20(27)22(29)24-23)25(2)17-4-3-5-17/h6-7,17-18,20H,3-5,8-15H2,1-2H3,(H,24,29)/t18-,20-/m0/s1. The number of hydrogen-bond donors (Lipinski definition) is 1. The fourth-order valence-corrected chi connectivity index (χ4v) is 6.67. The summed E-state index contributed by atoms with van der Waals surface area (Å²) in [6.45, 7) is 5.70. The molecule has 0 radical (unpaired) electrons. The number of hydrogen-bond acceptors (Lipinski definition) is 5. The van der Waals surface area contributed by atoms with Crippen LogP contribution in [0.15, 0.2) is 12.1 Å². The van der Waals surface area contributed by atoms with Crippen LogP contribution in [0.1, 0.15) is 54.7 Å². The Kier molecular flexibility index (Phi) is 5.40. The Balaban J connectivity index is 1.22. The van der Waals surface area contributed by atoms with Crippen molar-refractivity contribution < 1.29 is 9.59 Å². The van der Waals surface area contributed by atoms with Crippen molar-refractivity contribution in [1.29, 1.82) is 0 Å². The van der Waals surface area contributed by atoms with Crippen LogP contribution in [0.5, 0.6) is 0 Å². The first kappa shape index (κ1) is 20.5. The van der Waals surface area contributed by atoms with Gasteiger partial charge in [-0.1, -0.05) is 6.42 Å². The van der Waals surface area contributed by atoms with Crippen LogP contribution in [0.2, 0.25) is 0 Å². The monoisotopic (exact) mass is 430 g/mol. The first-order valence-corrected chi connectivity index (χ1v) is 12.4. The van der Waals surface area contributed by atoms with Crippen molar-refractivity contribution in [3.63, 3.8) is 0 Å². The molecule has 0 unspecified atom stereocenters. The molecule has 4 heterocycles.